The summed E-state index contributed by atoms with van der Waals surface area (Å²) in [6, 6.07) is 2.49. The van der Waals surface area contributed by atoms with Gasteiger partial charge in [-0.2, -0.15) is 0 Å². The van der Waals surface area contributed by atoms with Crippen LogP contribution in [-0.4, -0.2) is 35.7 Å². The Morgan fingerprint density at radius 2 is 2.13 bits per heavy atom. The number of rotatable bonds is 4. The van der Waals surface area contributed by atoms with Gasteiger partial charge in [-0.15, -0.1) is 11.3 Å². The second-order valence-electron chi connectivity index (χ2n) is 7.41. The van der Waals surface area contributed by atoms with Crippen LogP contribution >= 0.6 is 11.3 Å². The second kappa shape index (κ2) is 7.67. The highest BCUT2D eigenvalue weighted by Crippen LogP contribution is 2.22. The molecule has 0 radical (unpaired) electrons. The zero-order valence-electron chi connectivity index (χ0n) is 15.1. The minimum absolute atomic E-state index is 0.174. The number of amides is 1. The summed E-state index contributed by atoms with van der Waals surface area (Å²) in [7, 11) is 0. The van der Waals surface area contributed by atoms with Crippen LogP contribution in [0.1, 0.15) is 55.4 Å². The Balaban J connectivity index is 1.87. The van der Waals surface area contributed by atoms with Crippen molar-refractivity contribution in [3.63, 3.8) is 0 Å². The molecular weight excluding hydrogens is 308 g/mol. The van der Waals surface area contributed by atoms with E-state index in [1.165, 1.54) is 21.7 Å². The van der Waals surface area contributed by atoms with E-state index in [0.29, 0.717) is 0 Å². The quantitative estimate of drug-likeness (QED) is 0.892. The maximum absolute atomic E-state index is 12.4. The number of carbonyl (C=O) groups excluding carboxylic acids is 1. The minimum Gasteiger partial charge on any atom is -0.444 e. The summed E-state index contributed by atoms with van der Waals surface area (Å²) in [6.45, 7) is 12.6. The monoisotopic (exact) mass is 338 g/mol. The SMILES string of the molecule is Cc1cc(CNCC2CCCCN2C(=O)OC(C)(C)C)sc1C. The molecule has 0 saturated carbocycles. The number of hydrogen-bond acceptors (Lipinski definition) is 4. The Kier molecular flexibility index (Phi) is 6.09. The fourth-order valence-electron chi connectivity index (χ4n) is 2.87. The maximum Gasteiger partial charge on any atom is 0.410 e. The van der Waals surface area contributed by atoms with E-state index in [-0.39, 0.29) is 12.1 Å². The molecule has 0 aromatic carbocycles. The molecule has 1 atom stereocenters. The Labute approximate surface area is 144 Å². The standard InChI is InChI=1S/C18H30N2O2S/c1-13-10-16(23-14(13)2)12-19-11-15-8-6-7-9-20(15)17(21)22-18(3,4)5/h10,15,19H,6-9,11-12H2,1-5H3. The van der Waals surface area contributed by atoms with Gasteiger partial charge in [0.15, 0.2) is 0 Å². The third kappa shape index (κ3) is 5.50. The van der Waals surface area contributed by atoms with Crippen molar-refractivity contribution in [1.82, 2.24) is 10.2 Å². The van der Waals surface area contributed by atoms with Crippen LogP contribution in [0.25, 0.3) is 0 Å². The van der Waals surface area contributed by atoms with Crippen molar-refractivity contribution in [3.8, 4) is 0 Å². The van der Waals surface area contributed by atoms with Crippen LogP contribution in [0.15, 0.2) is 6.07 Å². The summed E-state index contributed by atoms with van der Waals surface area (Å²) in [5.74, 6) is 0. The van der Waals surface area contributed by atoms with E-state index in [0.717, 1.165) is 32.5 Å². The van der Waals surface area contributed by atoms with Gasteiger partial charge in [0, 0.05) is 35.4 Å². The first-order valence-corrected chi connectivity index (χ1v) is 9.34. The molecule has 1 aromatic heterocycles. The van der Waals surface area contributed by atoms with Crippen LogP contribution in [-0.2, 0) is 11.3 Å². The average molecular weight is 339 g/mol. The molecule has 1 aliphatic heterocycles. The highest BCUT2D eigenvalue weighted by Gasteiger charge is 2.30. The minimum atomic E-state index is -0.432. The smallest absolute Gasteiger partial charge is 0.410 e. The van der Waals surface area contributed by atoms with E-state index in [1.807, 2.05) is 37.0 Å². The predicted octanol–water partition coefficient (Wildman–Crippen LogP) is 4.24. The van der Waals surface area contributed by atoms with Gasteiger partial charge in [0.25, 0.3) is 0 Å². The Morgan fingerprint density at radius 1 is 1.39 bits per heavy atom. The molecule has 1 amide bonds. The Morgan fingerprint density at radius 3 is 2.74 bits per heavy atom. The molecule has 1 fully saturated rings. The molecule has 1 saturated heterocycles. The molecule has 1 aliphatic rings. The van der Waals surface area contributed by atoms with Crippen molar-refractivity contribution in [1.29, 1.82) is 0 Å². The van der Waals surface area contributed by atoms with Gasteiger partial charge >= 0.3 is 6.09 Å². The van der Waals surface area contributed by atoms with Crippen LogP contribution < -0.4 is 5.32 Å². The summed E-state index contributed by atoms with van der Waals surface area (Å²) in [4.78, 5) is 17.0. The van der Waals surface area contributed by atoms with Crippen molar-refractivity contribution in [2.45, 2.75) is 72.1 Å². The maximum atomic E-state index is 12.4. The second-order valence-corrected chi connectivity index (χ2v) is 8.75. The number of aryl methyl sites for hydroxylation is 2. The summed E-state index contributed by atoms with van der Waals surface area (Å²) < 4.78 is 5.55. The lowest BCUT2D eigenvalue weighted by Crippen LogP contribution is -2.50. The molecule has 23 heavy (non-hydrogen) atoms. The van der Waals surface area contributed by atoms with Crippen molar-refractivity contribution < 1.29 is 9.53 Å². The molecule has 1 unspecified atom stereocenters. The lowest BCUT2D eigenvalue weighted by molar-refractivity contribution is 0.00994. The number of hydrogen-bond donors (Lipinski definition) is 1. The lowest BCUT2D eigenvalue weighted by Gasteiger charge is -2.36. The molecule has 0 bridgehead atoms. The molecule has 0 aliphatic carbocycles. The largest absolute Gasteiger partial charge is 0.444 e. The summed E-state index contributed by atoms with van der Waals surface area (Å²) in [5, 5.41) is 3.52. The van der Waals surface area contributed by atoms with Gasteiger partial charge < -0.3 is 15.0 Å². The van der Waals surface area contributed by atoms with Crippen LogP contribution in [0.2, 0.25) is 0 Å². The number of likely N-dealkylation sites (tertiary alicyclic amines) is 1. The molecule has 4 nitrogen and oxygen atoms in total. The average Bonchev–Trinajstić information content (AvgIpc) is 2.76. The third-order valence-electron chi connectivity index (χ3n) is 4.15. The Bertz CT molecular complexity index is 514. The van der Waals surface area contributed by atoms with Gasteiger partial charge in [-0.05, 0) is 65.5 Å². The molecule has 1 N–H and O–H groups in total. The van der Waals surface area contributed by atoms with Crippen LogP contribution in [0.5, 0.6) is 0 Å². The van der Waals surface area contributed by atoms with Gasteiger partial charge in [0.2, 0.25) is 0 Å². The van der Waals surface area contributed by atoms with Gasteiger partial charge in [-0.25, -0.2) is 4.79 Å². The molecule has 5 heteroatoms. The van der Waals surface area contributed by atoms with E-state index in [2.05, 4.69) is 25.2 Å². The van der Waals surface area contributed by atoms with Crippen molar-refractivity contribution in [2.24, 2.45) is 0 Å². The van der Waals surface area contributed by atoms with Crippen molar-refractivity contribution in [3.05, 3.63) is 21.4 Å². The first kappa shape index (κ1) is 18.3. The summed E-state index contributed by atoms with van der Waals surface area (Å²) >= 11 is 1.85. The molecule has 130 valence electrons. The molecule has 1 aromatic rings. The molecule has 0 spiro atoms. The molecule has 2 heterocycles. The lowest BCUT2D eigenvalue weighted by atomic mass is 10.0. The molecular formula is C18H30N2O2S. The number of carbonyl (C=O) groups is 1. The van der Waals surface area contributed by atoms with E-state index in [9.17, 15) is 4.79 Å². The fourth-order valence-corrected chi connectivity index (χ4v) is 3.90. The summed E-state index contributed by atoms with van der Waals surface area (Å²) in [5.41, 5.74) is 0.929. The first-order chi connectivity index (χ1) is 10.8. The number of nitrogens with one attached hydrogen (secondary N) is 1. The van der Waals surface area contributed by atoms with Crippen molar-refractivity contribution in [2.75, 3.05) is 13.1 Å². The number of ether oxygens (including phenoxy) is 1. The van der Waals surface area contributed by atoms with Crippen LogP contribution in [0.4, 0.5) is 4.79 Å². The first-order valence-electron chi connectivity index (χ1n) is 8.52. The summed E-state index contributed by atoms with van der Waals surface area (Å²) in [6.07, 6.45) is 3.13. The number of nitrogens with zero attached hydrogens (tertiary/aromatic N) is 1. The van der Waals surface area contributed by atoms with Gasteiger partial charge in [-0.1, -0.05) is 0 Å². The van der Waals surface area contributed by atoms with Gasteiger partial charge in [0.05, 0.1) is 0 Å². The topological polar surface area (TPSA) is 41.6 Å². The van der Waals surface area contributed by atoms with E-state index in [1.54, 1.807) is 0 Å². The van der Waals surface area contributed by atoms with Crippen molar-refractivity contribution >= 4 is 17.4 Å². The third-order valence-corrected chi connectivity index (χ3v) is 5.30. The van der Waals surface area contributed by atoms with Crippen LogP contribution in [0, 0.1) is 13.8 Å². The normalized spacial score (nSPS) is 19.0. The Hall–Kier alpha value is -1.07. The van der Waals surface area contributed by atoms with E-state index in [4.69, 9.17) is 4.74 Å². The molecule has 2 rings (SSSR count). The zero-order valence-corrected chi connectivity index (χ0v) is 15.9. The van der Waals surface area contributed by atoms with Gasteiger partial charge in [-0.3, -0.25) is 0 Å². The van der Waals surface area contributed by atoms with Crippen LogP contribution in [0.3, 0.4) is 0 Å². The van der Waals surface area contributed by atoms with E-state index >= 15 is 0 Å². The zero-order chi connectivity index (χ0) is 17.0. The number of piperidine rings is 1. The number of thiophene rings is 1. The predicted molar refractivity (Wildman–Crippen MR) is 96.1 cm³/mol. The van der Waals surface area contributed by atoms with E-state index < -0.39 is 5.60 Å². The highest BCUT2D eigenvalue weighted by molar-refractivity contribution is 7.12. The van der Waals surface area contributed by atoms with Gasteiger partial charge in [0.1, 0.15) is 5.60 Å². The highest BCUT2D eigenvalue weighted by atomic mass is 32.1. The fraction of sp³-hybridized carbons (Fsp3) is 0.722.